The van der Waals surface area contributed by atoms with E-state index in [1.807, 2.05) is 91.0 Å². The molecule has 2 amide bonds. The maximum Gasteiger partial charge on any atom is 0.339 e. The van der Waals surface area contributed by atoms with Crippen LogP contribution in [0.15, 0.2) is 120 Å². The van der Waals surface area contributed by atoms with Crippen molar-refractivity contribution in [1.82, 2.24) is 10.3 Å². The van der Waals surface area contributed by atoms with Crippen LogP contribution in [0.4, 0.5) is 10.5 Å². The second-order valence-electron chi connectivity index (χ2n) is 11.1. The number of nitrogens with one attached hydrogen (secondary N) is 1. The van der Waals surface area contributed by atoms with Gasteiger partial charge < -0.3 is 10.1 Å². The molecule has 9 heteroatoms. The predicted molar refractivity (Wildman–Crippen MR) is 174 cm³/mol. The summed E-state index contributed by atoms with van der Waals surface area (Å²) in [5.41, 5.74) is 2.64. The first kappa shape index (κ1) is 32.2. The van der Waals surface area contributed by atoms with E-state index in [-0.39, 0.29) is 18.7 Å². The Morgan fingerprint density at radius 2 is 1.40 bits per heavy atom. The normalized spacial score (nSPS) is 11.3. The van der Waals surface area contributed by atoms with Crippen LogP contribution in [-0.2, 0) is 16.0 Å². The molecule has 9 nitrogen and oxygen atoms in total. The highest BCUT2D eigenvalue weighted by Gasteiger charge is 2.29. The standard InChI is InChI=1S/C36H34N4O5/c1-36(2,3)45-34(41)32(26-28-14-7-4-8-15-28)37-35(42)39(25-13-16-27-21-23-31(24-22-27)40(43)44)38-33(29-17-9-5-10-18-29)30-19-11-6-12-20-30/h4-12,14-15,17-24,32H,25-26H2,1-3H3,(H,37,42)/t32-/m1/s1. The molecular weight excluding hydrogens is 568 g/mol. The zero-order chi connectivity index (χ0) is 32.2. The Hall–Kier alpha value is -5.75. The SMILES string of the molecule is CC(C)(C)OC(=O)[C@@H](Cc1ccccc1)NC(=O)N(CC#Cc1ccc([N+](=O)[O-])cc1)N=C(c1ccccc1)c1ccccc1. The number of hydrazone groups is 1. The largest absolute Gasteiger partial charge is 0.458 e. The number of ether oxygens (including phenoxy) is 1. The van der Waals surface area contributed by atoms with Crippen LogP contribution >= 0.6 is 0 Å². The summed E-state index contributed by atoms with van der Waals surface area (Å²) in [6.07, 6.45) is 0.206. The van der Waals surface area contributed by atoms with Gasteiger partial charge in [-0.15, -0.1) is 0 Å². The second kappa shape index (κ2) is 15.1. The number of hydrogen-bond donors (Lipinski definition) is 1. The molecule has 0 unspecified atom stereocenters. The van der Waals surface area contributed by atoms with Crippen LogP contribution in [0, 0.1) is 22.0 Å². The summed E-state index contributed by atoms with van der Waals surface area (Å²) in [5, 5.41) is 19.8. The summed E-state index contributed by atoms with van der Waals surface area (Å²) < 4.78 is 5.65. The first-order valence-corrected chi connectivity index (χ1v) is 14.4. The van der Waals surface area contributed by atoms with E-state index in [1.165, 1.54) is 29.3 Å². The van der Waals surface area contributed by atoms with Crippen LogP contribution in [0.25, 0.3) is 0 Å². The highest BCUT2D eigenvalue weighted by atomic mass is 16.6. The summed E-state index contributed by atoms with van der Waals surface area (Å²) >= 11 is 0. The average molecular weight is 603 g/mol. The Morgan fingerprint density at radius 3 is 1.91 bits per heavy atom. The molecule has 0 radical (unpaired) electrons. The van der Waals surface area contributed by atoms with E-state index >= 15 is 0 Å². The molecule has 0 spiro atoms. The molecule has 1 N–H and O–H groups in total. The maximum atomic E-state index is 13.9. The molecule has 228 valence electrons. The summed E-state index contributed by atoms with van der Waals surface area (Å²) in [7, 11) is 0. The van der Waals surface area contributed by atoms with Gasteiger partial charge in [0.15, 0.2) is 0 Å². The Kier molecular flexibility index (Phi) is 10.8. The molecule has 0 saturated heterocycles. The minimum Gasteiger partial charge on any atom is -0.458 e. The molecule has 1 atom stereocenters. The van der Waals surface area contributed by atoms with Gasteiger partial charge in [0.1, 0.15) is 18.2 Å². The van der Waals surface area contributed by atoms with E-state index in [9.17, 15) is 19.7 Å². The van der Waals surface area contributed by atoms with Crippen LogP contribution in [-0.4, -0.2) is 45.8 Å². The van der Waals surface area contributed by atoms with Gasteiger partial charge in [0, 0.05) is 35.2 Å². The lowest BCUT2D eigenvalue weighted by Crippen LogP contribution is -2.49. The molecule has 4 aromatic rings. The summed E-state index contributed by atoms with van der Waals surface area (Å²) in [4.78, 5) is 37.8. The fourth-order valence-electron chi connectivity index (χ4n) is 4.27. The molecule has 0 saturated carbocycles. The third kappa shape index (κ3) is 9.90. The summed E-state index contributed by atoms with van der Waals surface area (Å²) in [6, 6.07) is 32.4. The fraction of sp³-hybridized carbons (Fsp3) is 0.194. The zero-order valence-electron chi connectivity index (χ0n) is 25.3. The van der Waals surface area contributed by atoms with Gasteiger partial charge in [0.2, 0.25) is 0 Å². The molecule has 0 fully saturated rings. The van der Waals surface area contributed by atoms with Crippen molar-refractivity contribution < 1.29 is 19.2 Å². The first-order chi connectivity index (χ1) is 21.6. The number of carbonyl (C=O) groups is 2. The number of carbonyl (C=O) groups excluding carboxylic acids is 2. The topological polar surface area (TPSA) is 114 Å². The fourth-order valence-corrected chi connectivity index (χ4v) is 4.27. The van der Waals surface area contributed by atoms with E-state index < -0.39 is 28.6 Å². The number of nitrogens with zero attached hydrogens (tertiary/aromatic N) is 3. The number of urea groups is 1. The number of esters is 1. The predicted octanol–water partition coefficient (Wildman–Crippen LogP) is 6.36. The molecule has 0 bridgehead atoms. The van der Waals surface area contributed by atoms with Crippen LogP contribution in [0.3, 0.4) is 0 Å². The van der Waals surface area contributed by atoms with Crippen LogP contribution in [0.5, 0.6) is 0 Å². The number of hydrogen-bond acceptors (Lipinski definition) is 6. The number of amides is 2. The third-order valence-corrected chi connectivity index (χ3v) is 6.36. The minimum atomic E-state index is -1.00. The van der Waals surface area contributed by atoms with Crippen molar-refractivity contribution in [1.29, 1.82) is 0 Å². The van der Waals surface area contributed by atoms with Gasteiger partial charge in [0.25, 0.3) is 5.69 Å². The lowest BCUT2D eigenvalue weighted by molar-refractivity contribution is -0.384. The van der Waals surface area contributed by atoms with E-state index in [0.29, 0.717) is 11.3 Å². The molecule has 4 rings (SSSR count). The second-order valence-corrected chi connectivity index (χ2v) is 11.1. The Labute approximate surface area is 262 Å². The van der Waals surface area contributed by atoms with Gasteiger partial charge in [0.05, 0.1) is 10.6 Å². The molecule has 0 aliphatic rings. The van der Waals surface area contributed by atoms with Crippen molar-refractivity contribution in [2.24, 2.45) is 5.10 Å². The minimum absolute atomic E-state index is 0.0480. The summed E-state index contributed by atoms with van der Waals surface area (Å²) in [5.74, 6) is 5.32. The molecule has 0 aliphatic heterocycles. The Bertz CT molecular complexity index is 1650. The average Bonchev–Trinajstić information content (AvgIpc) is 3.03. The lowest BCUT2D eigenvalue weighted by Gasteiger charge is -2.26. The van der Waals surface area contributed by atoms with Crippen molar-refractivity contribution in [3.05, 3.63) is 148 Å². The molecular formula is C36H34N4O5. The van der Waals surface area contributed by atoms with Gasteiger partial charge >= 0.3 is 12.0 Å². The molecule has 45 heavy (non-hydrogen) atoms. The van der Waals surface area contributed by atoms with Gasteiger partial charge in [-0.3, -0.25) is 10.1 Å². The van der Waals surface area contributed by atoms with Crippen molar-refractivity contribution in [3.8, 4) is 11.8 Å². The number of nitro groups is 1. The van der Waals surface area contributed by atoms with E-state index in [4.69, 9.17) is 9.84 Å². The van der Waals surface area contributed by atoms with Gasteiger partial charge in [-0.2, -0.15) is 5.10 Å². The Morgan fingerprint density at radius 1 is 0.867 bits per heavy atom. The summed E-state index contributed by atoms with van der Waals surface area (Å²) in [6.45, 7) is 5.16. The van der Waals surface area contributed by atoms with Crippen molar-refractivity contribution in [2.75, 3.05) is 6.54 Å². The van der Waals surface area contributed by atoms with E-state index in [1.54, 1.807) is 20.8 Å². The third-order valence-electron chi connectivity index (χ3n) is 6.36. The molecule has 0 aliphatic carbocycles. The van der Waals surface area contributed by atoms with Crippen molar-refractivity contribution in [3.63, 3.8) is 0 Å². The van der Waals surface area contributed by atoms with Crippen molar-refractivity contribution in [2.45, 2.75) is 38.8 Å². The Balaban J connectivity index is 1.71. The van der Waals surface area contributed by atoms with Crippen LogP contribution in [0.2, 0.25) is 0 Å². The van der Waals surface area contributed by atoms with Gasteiger partial charge in [-0.1, -0.05) is 103 Å². The molecule has 4 aromatic carbocycles. The lowest BCUT2D eigenvalue weighted by atomic mass is 10.0. The first-order valence-electron chi connectivity index (χ1n) is 14.4. The zero-order valence-corrected chi connectivity index (χ0v) is 25.3. The number of non-ortho nitro benzene ring substituents is 1. The van der Waals surface area contributed by atoms with E-state index in [2.05, 4.69) is 17.2 Å². The number of benzene rings is 4. The van der Waals surface area contributed by atoms with E-state index in [0.717, 1.165) is 16.7 Å². The van der Waals surface area contributed by atoms with Gasteiger partial charge in [-0.25, -0.2) is 14.6 Å². The van der Waals surface area contributed by atoms with Crippen LogP contribution in [0.1, 0.15) is 43.0 Å². The van der Waals surface area contributed by atoms with Gasteiger partial charge in [-0.05, 0) is 38.5 Å². The maximum absolute atomic E-state index is 13.9. The van der Waals surface area contributed by atoms with Crippen LogP contribution < -0.4 is 5.32 Å². The highest BCUT2D eigenvalue weighted by Crippen LogP contribution is 2.15. The number of rotatable bonds is 9. The van der Waals surface area contributed by atoms with Crippen molar-refractivity contribution >= 4 is 23.4 Å². The highest BCUT2D eigenvalue weighted by molar-refractivity contribution is 6.13. The molecule has 0 heterocycles. The number of nitro benzene ring substituents is 1. The smallest absolute Gasteiger partial charge is 0.339 e. The molecule has 0 aromatic heterocycles. The monoisotopic (exact) mass is 602 g/mol. The quantitative estimate of drug-likeness (QED) is 0.0787.